The second-order valence-electron chi connectivity index (χ2n) is 5.85. The molecule has 1 fully saturated rings. The Morgan fingerprint density at radius 2 is 1.92 bits per heavy atom. The number of rotatable bonds is 4. The van der Waals surface area contributed by atoms with E-state index in [0.29, 0.717) is 23.7 Å². The highest BCUT2D eigenvalue weighted by atomic mass is 35.5. The lowest BCUT2D eigenvalue weighted by Gasteiger charge is -2.30. The van der Waals surface area contributed by atoms with Crippen molar-refractivity contribution in [1.82, 2.24) is 14.7 Å². The van der Waals surface area contributed by atoms with Gasteiger partial charge in [0.15, 0.2) is 5.69 Å². The van der Waals surface area contributed by atoms with Gasteiger partial charge in [0.1, 0.15) is 4.90 Å². The van der Waals surface area contributed by atoms with Crippen LogP contribution in [-0.4, -0.2) is 42.1 Å². The Hall–Kier alpha value is -1.77. The van der Waals surface area contributed by atoms with Crippen molar-refractivity contribution in [3.05, 3.63) is 39.6 Å². The van der Waals surface area contributed by atoms with Crippen molar-refractivity contribution < 1.29 is 13.2 Å². The van der Waals surface area contributed by atoms with Crippen LogP contribution in [0.1, 0.15) is 22.5 Å². The number of sulfonamides is 1. The molecule has 3 rings (SSSR count). The predicted octanol–water partition coefficient (Wildman–Crippen LogP) is 2.68. The highest BCUT2D eigenvalue weighted by Crippen LogP contribution is 2.30. The van der Waals surface area contributed by atoms with Crippen LogP contribution in [-0.2, 0) is 17.1 Å². The van der Waals surface area contributed by atoms with Crippen molar-refractivity contribution >= 4 is 44.8 Å². The maximum Gasteiger partial charge on any atom is 0.276 e. The van der Waals surface area contributed by atoms with Crippen LogP contribution in [0, 0.1) is 6.92 Å². The normalized spacial score (nSPS) is 14.3. The van der Waals surface area contributed by atoms with E-state index >= 15 is 0 Å². The zero-order chi connectivity index (χ0) is 18.4. The van der Waals surface area contributed by atoms with Gasteiger partial charge in [-0.1, -0.05) is 23.2 Å². The van der Waals surface area contributed by atoms with Crippen LogP contribution in [0.3, 0.4) is 0 Å². The Kier molecular flexibility index (Phi) is 4.70. The lowest BCUT2D eigenvalue weighted by atomic mass is 10.2. The molecule has 2 heterocycles. The zero-order valence-corrected chi connectivity index (χ0v) is 15.9. The summed E-state index contributed by atoms with van der Waals surface area (Å²) in [6, 6.07) is 2.77. The van der Waals surface area contributed by atoms with E-state index in [1.807, 2.05) is 0 Å². The first-order valence-corrected chi connectivity index (χ1v) is 9.74. The number of hydrogen-bond acceptors (Lipinski definition) is 4. The third-order valence-corrected chi connectivity index (χ3v) is 6.16. The molecule has 1 aliphatic heterocycles. The van der Waals surface area contributed by atoms with Crippen LogP contribution < -0.4 is 4.72 Å². The Morgan fingerprint density at radius 1 is 1.24 bits per heavy atom. The summed E-state index contributed by atoms with van der Waals surface area (Å²) in [7, 11) is -2.39. The highest BCUT2D eigenvalue weighted by molar-refractivity contribution is 7.92. The number of nitrogens with zero attached hydrogens (tertiary/aromatic N) is 3. The number of halogens is 2. The number of amides is 1. The second-order valence-corrected chi connectivity index (χ2v) is 8.31. The minimum atomic E-state index is -4.01. The predicted molar refractivity (Wildman–Crippen MR) is 95.7 cm³/mol. The van der Waals surface area contributed by atoms with E-state index in [-0.39, 0.29) is 27.2 Å². The van der Waals surface area contributed by atoms with Crippen LogP contribution in [0.2, 0.25) is 10.0 Å². The summed E-state index contributed by atoms with van der Waals surface area (Å²) in [5, 5.41) is 4.47. The van der Waals surface area contributed by atoms with Crippen LogP contribution >= 0.6 is 23.2 Å². The molecule has 1 saturated heterocycles. The molecule has 134 valence electrons. The lowest BCUT2D eigenvalue weighted by Crippen LogP contribution is -2.42. The summed E-state index contributed by atoms with van der Waals surface area (Å²) in [6.07, 6.45) is 2.38. The zero-order valence-electron chi connectivity index (χ0n) is 13.6. The minimum absolute atomic E-state index is 0.00242. The molecule has 0 atom stereocenters. The van der Waals surface area contributed by atoms with Crippen LogP contribution in [0.15, 0.2) is 23.2 Å². The Balaban J connectivity index is 1.97. The summed E-state index contributed by atoms with van der Waals surface area (Å²) in [4.78, 5) is 13.9. The summed E-state index contributed by atoms with van der Waals surface area (Å²) < 4.78 is 29.2. The van der Waals surface area contributed by atoms with Gasteiger partial charge in [-0.25, -0.2) is 8.42 Å². The molecule has 2 aromatic rings. The van der Waals surface area contributed by atoms with Crippen molar-refractivity contribution in [2.45, 2.75) is 18.2 Å². The first-order chi connectivity index (χ1) is 11.7. The molecule has 1 aromatic heterocycles. The lowest BCUT2D eigenvalue weighted by molar-refractivity contribution is 0.0646. The Morgan fingerprint density at radius 3 is 2.52 bits per heavy atom. The van der Waals surface area contributed by atoms with Gasteiger partial charge in [0.05, 0.1) is 10.7 Å². The third kappa shape index (κ3) is 3.47. The molecular formula is C15H16Cl2N4O3S. The summed E-state index contributed by atoms with van der Waals surface area (Å²) >= 11 is 12.0. The molecule has 1 N–H and O–H groups in total. The fourth-order valence-corrected chi connectivity index (χ4v) is 4.31. The standard InChI is InChI=1S/C15H16Cl2N4O3S/c1-9-6-13(11(17)7-10(9)16)25(23,24)19-12-8-20(2)18-14(12)15(22)21-4-3-5-21/h6-8,19H,3-5H2,1-2H3. The number of likely N-dealkylation sites (tertiary alicyclic amines) is 1. The molecule has 0 spiro atoms. The fourth-order valence-electron chi connectivity index (χ4n) is 2.43. The van der Waals surface area contributed by atoms with Gasteiger partial charge < -0.3 is 4.90 Å². The molecule has 10 heteroatoms. The van der Waals surface area contributed by atoms with Gasteiger partial charge in [0, 0.05) is 31.4 Å². The van der Waals surface area contributed by atoms with E-state index in [9.17, 15) is 13.2 Å². The van der Waals surface area contributed by atoms with Crippen molar-refractivity contribution in [3.8, 4) is 0 Å². The third-order valence-electron chi connectivity index (χ3n) is 3.92. The molecule has 1 aromatic carbocycles. The van der Waals surface area contributed by atoms with Gasteiger partial charge in [-0.15, -0.1) is 0 Å². The molecular weight excluding hydrogens is 387 g/mol. The van der Waals surface area contributed by atoms with Gasteiger partial charge in [0.25, 0.3) is 15.9 Å². The molecule has 0 bridgehead atoms. The quantitative estimate of drug-likeness (QED) is 0.851. The SMILES string of the molecule is Cc1cc(S(=O)(=O)Nc2cn(C)nc2C(=O)N2CCC2)c(Cl)cc1Cl. The van der Waals surface area contributed by atoms with Crippen LogP contribution in [0.25, 0.3) is 0 Å². The second kappa shape index (κ2) is 6.51. The summed E-state index contributed by atoms with van der Waals surface area (Å²) in [5.74, 6) is -0.303. The molecule has 7 nitrogen and oxygen atoms in total. The number of carbonyl (C=O) groups excluding carboxylic acids is 1. The van der Waals surface area contributed by atoms with Gasteiger partial charge in [-0.3, -0.25) is 14.2 Å². The van der Waals surface area contributed by atoms with E-state index in [1.54, 1.807) is 18.9 Å². The topological polar surface area (TPSA) is 84.3 Å². The van der Waals surface area contributed by atoms with Gasteiger partial charge in [-0.05, 0) is 31.0 Å². The average Bonchev–Trinajstić information content (AvgIpc) is 2.80. The Labute approximate surface area is 155 Å². The van der Waals surface area contributed by atoms with Crippen molar-refractivity contribution in [1.29, 1.82) is 0 Å². The van der Waals surface area contributed by atoms with Gasteiger partial charge in [0.2, 0.25) is 0 Å². The molecule has 1 amide bonds. The molecule has 0 aliphatic carbocycles. The van der Waals surface area contributed by atoms with E-state index in [1.165, 1.54) is 23.0 Å². The largest absolute Gasteiger partial charge is 0.337 e. The number of benzene rings is 1. The minimum Gasteiger partial charge on any atom is -0.337 e. The van der Waals surface area contributed by atoms with E-state index in [0.717, 1.165) is 6.42 Å². The number of nitrogens with one attached hydrogen (secondary N) is 1. The van der Waals surface area contributed by atoms with Gasteiger partial charge in [-0.2, -0.15) is 5.10 Å². The number of aromatic nitrogens is 2. The van der Waals surface area contributed by atoms with Crippen molar-refractivity contribution in [2.75, 3.05) is 17.8 Å². The maximum absolute atomic E-state index is 12.7. The van der Waals surface area contributed by atoms with Crippen molar-refractivity contribution in [3.63, 3.8) is 0 Å². The smallest absolute Gasteiger partial charge is 0.276 e. The van der Waals surface area contributed by atoms with Gasteiger partial charge >= 0.3 is 0 Å². The molecule has 0 radical (unpaired) electrons. The number of hydrogen-bond donors (Lipinski definition) is 1. The maximum atomic E-state index is 12.7. The molecule has 0 saturated carbocycles. The number of anilines is 1. The molecule has 1 aliphatic rings. The number of carbonyl (C=O) groups is 1. The first-order valence-electron chi connectivity index (χ1n) is 7.50. The van der Waals surface area contributed by atoms with E-state index in [2.05, 4.69) is 9.82 Å². The summed E-state index contributed by atoms with van der Waals surface area (Å²) in [5.41, 5.74) is 0.755. The molecule has 0 unspecified atom stereocenters. The highest BCUT2D eigenvalue weighted by Gasteiger charge is 2.29. The molecule has 25 heavy (non-hydrogen) atoms. The monoisotopic (exact) mass is 402 g/mol. The van der Waals surface area contributed by atoms with E-state index < -0.39 is 10.0 Å². The van der Waals surface area contributed by atoms with E-state index in [4.69, 9.17) is 23.2 Å². The first kappa shape index (κ1) is 18.0. The fraction of sp³-hybridized carbons (Fsp3) is 0.333. The van der Waals surface area contributed by atoms with Crippen LogP contribution in [0.5, 0.6) is 0 Å². The Bertz CT molecular complexity index is 952. The average molecular weight is 403 g/mol. The number of aryl methyl sites for hydroxylation is 2. The summed E-state index contributed by atoms with van der Waals surface area (Å²) in [6.45, 7) is 2.97. The van der Waals surface area contributed by atoms with Crippen molar-refractivity contribution in [2.24, 2.45) is 7.05 Å². The van der Waals surface area contributed by atoms with Crippen LogP contribution in [0.4, 0.5) is 5.69 Å².